The molecule has 1 heteroatoms. The molecular formula is C12H16O. The van der Waals surface area contributed by atoms with Gasteiger partial charge in [0.15, 0.2) is 0 Å². The first-order valence-electron chi connectivity index (χ1n) is 5.09. The fourth-order valence-electron chi connectivity index (χ4n) is 2.19. The molecule has 1 aromatic carbocycles. The molecule has 1 fully saturated rings. The average molecular weight is 176 g/mol. The number of hydrogen-bond donors (Lipinski definition) is 1. The number of aliphatic hydroxyl groups excluding tert-OH is 1. The molecule has 0 radical (unpaired) electrons. The largest absolute Gasteiger partial charge is 0.393 e. The molecule has 1 nitrogen and oxygen atoms in total. The normalized spacial score (nSPS) is 28.7. The van der Waals surface area contributed by atoms with Gasteiger partial charge in [-0.2, -0.15) is 0 Å². The molecule has 0 bridgehead atoms. The molecule has 13 heavy (non-hydrogen) atoms. The molecule has 1 aromatic rings. The first-order chi connectivity index (χ1) is 6.36. The van der Waals surface area contributed by atoms with E-state index >= 15 is 0 Å². The number of rotatable bonds is 1. The van der Waals surface area contributed by atoms with Crippen LogP contribution in [-0.2, 0) is 0 Å². The van der Waals surface area contributed by atoms with Crippen LogP contribution in [0.15, 0.2) is 30.3 Å². The minimum absolute atomic E-state index is 0.0704. The molecular weight excluding hydrogens is 160 g/mol. The van der Waals surface area contributed by atoms with E-state index in [9.17, 15) is 5.11 Å². The zero-order valence-electron chi connectivity index (χ0n) is 7.82. The summed E-state index contributed by atoms with van der Waals surface area (Å²) in [6, 6.07) is 10.5. The molecule has 2 rings (SSSR count). The van der Waals surface area contributed by atoms with E-state index in [1.54, 1.807) is 0 Å². The van der Waals surface area contributed by atoms with E-state index in [1.165, 1.54) is 18.4 Å². The topological polar surface area (TPSA) is 20.2 Å². The highest BCUT2D eigenvalue weighted by Gasteiger charge is 2.20. The lowest BCUT2D eigenvalue weighted by molar-refractivity contribution is 0.119. The van der Waals surface area contributed by atoms with Crippen LogP contribution in [0.5, 0.6) is 0 Å². The van der Waals surface area contributed by atoms with Gasteiger partial charge in [-0.05, 0) is 30.7 Å². The Balaban J connectivity index is 2.08. The number of hydrogen-bond acceptors (Lipinski definition) is 1. The van der Waals surface area contributed by atoms with Crippen LogP contribution < -0.4 is 0 Å². The van der Waals surface area contributed by atoms with Crippen LogP contribution in [-0.4, -0.2) is 11.2 Å². The summed E-state index contributed by atoms with van der Waals surface area (Å²) in [4.78, 5) is 0. The first-order valence-corrected chi connectivity index (χ1v) is 5.09. The van der Waals surface area contributed by atoms with Crippen molar-refractivity contribution in [1.29, 1.82) is 0 Å². The Kier molecular flexibility index (Phi) is 2.65. The van der Waals surface area contributed by atoms with Crippen molar-refractivity contribution >= 4 is 0 Å². The maximum Gasteiger partial charge on any atom is 0.0546 e. The minimum Gasteiger partial charge on any atom is -0.393 e. The first kappa shape index (κ1) is 8.76. The average Bonchev–Trinajstić information content (AvgIpc) is 2.19. The summed E-state index contributed by atoms with van der Waals surface area (Å²) in [5.41, 5.74) is 1.39. The van der Waals surface area contributed by atoms with Crippen LogP contribution in [0.2, 0.25) is 0 Å². The van der Waals surface area contributed by atoms with E-state index in [0.717, 1.165) is 12.8 Å². The molecule has 1 aliphatic carbocycles. The lowest BCUT2D eigenvalue weighted by atomic mass is 9.83. The van der Waals surface area contributed by atoms with Gasteiger partial charge in [0.1, 0.15) is 0 Å². The van der Waals surface area contributed by atoms with E-state index in [0.29, 0.717) is 5.92 Å². The van der Waals surface area contributed by atoms with Crippen molar-refractivity contribution < 1.29 is 5.11 Å². The molecule has 0 unspecified atom stereocenters. The number of benzene rings is 1. The van der Waals surface area contributed by atoms with Crippen LogP contribution in [0.25, 0.3) is 0 Å². The van der Waals surface area contributed by atoms with Gasteiger partial charge < -0.3 is 5.11 Å². The van der Waals surface area contributed by atoms with Gasteiger partial charge in [0.25, 0.3) is 0 Å². The minimum atomic E-state index is -0.0704. The lowest BCUT2D eigenvalue weighted by Gasteiger charge is -2.25. The molecule has 1 aliphatic rings. The molecule has 0 saturated heterocycles. The maximum absolute atomic E-state index is 9.54. The van der Waals surface area contributed by atoms with Crippen LogP contribution in [0.1, 0.15) is 37.2 Å². The quantitative estimate of drug-likeness (QED) is 0.697. The molecule has 1 saturated carbocycles. The van der Waals surface area contributed by atoms with Crippen LogP contribution in [0, 0.1) is 0 Å². The Morgan fingerprint density at radius 1 is 1.08 bits per heavy atom. The Morgan fingerprint density at radius 2 is 1.85 bits per heavy atom. The Labute approximate surface area is 79.4 Å². The molecule has 0 spiro atoms. The summed E-state index contributed by atoms with van der Waals surface area (Å²) in [5.74, 6) is 0.588. The van der Waals surface area contributed by atoms with Gasteiger partial charge in [0.05, 0.1) is 6.10 Å². The molecule has 0 amide bonds. The molecule has 1 N–H and O–H groups in total. The van der Waals surface area contributed by atoms with Crippen molar-refractivity contribution in [2.45, 2.75) is 37.7 Å². The van der Waals surface area contributed by atoms with Crippen LogP contribution >= 0.6 is 0 Å². The van der Waals surface area contributed by atoms with Crippen molar-refractivity contribution in [2.75, 3.05) is 0 Å². The van der Waals surface area contributed by atoms with Gasteiger partial charge in [-0.25, -0.2) is 0 Å². The highest BCUT2D eigenvalue weighted by molar-refractivity contribution is 5.20. The second-order valence-corrected chi connectivity index (χ2v) is 3.93. The van der Waals surface area contributed by atoms with E-state index in [4.69, 9.17) is 0 Å². The van der Waals surface area contributed by atoms with Crippen LogP contribution in [0.3, 0.4) is 0 Å². The zero-order valence-corrected chi connectivity index (χ0v) is 7.82. The number of aliphatic hydroxyl groups is 1. The molecule has 0 aliphatic heterocycles. The van der Waals surface area contributed by atoms with Gasteiger partial charge >= 0.3 is 0 Å². The smallest absolute Gasteiger partial charge is 0.0546 e. The van der Waals surface area contributed by atoms with Crippen molar-refractivity contribution in [3.8, 4) is 0 Å². The molecule has 70 valence electrons. The molecule has 0 aromatic heterocycles. The fourth-order valence-corrected chi connectivity index (χ4v) is 2.19. The Bertz CT molecular complexity index is 255. The van der Waals surface area contributed by atoms with Crippen LogP contribution in [0.4, 0.5) is 0 Å². The van der Waals surface area contributed by atoms with Gasteiger partial charge in [-0.15, -0.1) is 0 Å². The summed E-state index contributed by atoms with van der Waals surface area (Å²) in [6.45, 7) is 0. The third-order valence-corrected chi connectivity index (χ3v) is 2.92. The highest BCUT2D eigenvalue weighted by atomic mass is 16.3. The van der Waals surface area contributed by atoms with Gasteiger partial charge in [-0.3, -0.25) is 0 Å². The standard InChI is InChI=1S/C12H16O/c13-12-8-4-7-11(9-12)10-5-2-1-3-6-10/h1-3,5-6,11-13H,4,7-9H2/t11-,12+/m0/s1. The fraction of sp³-hybridized carbons (Fsp3) is 0.500. The van der Waals surface area contributed by atoms with E-state index in [2.05, 4.69) is 24.3 Å². The SMILES string of the molecule is O[C@@H]1CCC[C@H](c2ccccc2)C1. The second kappa shape index (κ2) is 3.93. The third-order valence-electron chi connectivity index (χ3n) is 2.92. The molecule has 2 atom stereocenters. The Morgan fingerprint density at radius 3 is 2.54 bits per heavy atom. The van der Waals surface area contributed by atoms with Crippen molar-refractivity contribution in [1.82, 2.24) is 0 Å². The summed E-state index contributed by atoms with van der Waals surface area (Å²) in [5, 5.41) is 9.54. The van der Waals surface area contributed by atoms with E-state index in [-0.39, 0.29) is 6.10 Å². The monoisotopic (exact) mass is 176 g/mol. The summed E-state index contributed by atoms with van der Waals surface area (Å²) >= 11 is 0. The maximum atomic E-state index is 9.54. The lowest BCUT2D eigenvalue weighted by Crippen LogP contribution is -2.17. The Hall–Kier alpha value is -0.820. The van der Waals surface area contributed by atoms with Gasteiger partial charge in [-0.1, -0.05) is 36.8 Å². The van der Waals surface area contributed by atoms with Crippen molar-refractivity contribution in [2.24, 2.45) is 0 Å². The predicted molar refractivity (Wildman–Crippen MR) is 53.7 cm³/mol. The zero-order chi connectivity index (χ0) is 9.10. The van der Waals surface area contributed by atoms with Crippen molar-refractivity contribution in [3.05, 3.63) is 35.9 Å². The van der Waals surface area contributed by atoms with E-state index < -0.39 is 0 Å². The molecule has 0 heterocycles. The van der Waals surface area contributed by atoms with Gasteiger partial charge in [0.2, 0.25) is 0 Å². The third kappa shape index (κ3) is 2.10. The van der Waals surface area contributed by atoms with E-state index in [1.807, 2.05) is 6.07 Å². The highest BCUT2D eigenvalue weighted by Crippen LogP contribution is 2.32. The predicted octanol–water partition coefficient (Wildman–Crippen LogP) is 2.71. The summed E-state index contributed by atoms with van der Waals surface area (Å²) in [7, 11) is 0. The van der Waals surface area contributed by atoms with Gasteiger partial charge in [0, 0.05) is 0 Å². The summed E-state index contributed by atoms with van der Waals surface area (Å²) < 4.78 is 0. The second-order valence-electron chi connectivity index (χ2n) is 3.93. The van der Waals surface area contributed by atoms with Crippen molar-refractivity contribution in [3.63, 3.8) is 0 Å². The summed E-state index contributed by atoms with van der Waals surface area (Å²) in [6.07, 6.45) is 4.27.